The van der Waals surface area contributed by atoms with Gasteiger partial charge in [0.05, 0.1) is 32.3 Å². The first-order valence-corrected chi connectivity index (χ1v) is 15.1. The first-order chi connectivity index (χ1) is 21.7. The van der Waals surface area contributed by atoms with Crippen LogP contribution in [0.4, 0.5) is 24.5 Å². The standard InChI is InChI=1S/C32H34ClF3N2O6.C2H6/c1-19(39)31(2,3)11-13-43-25-16-22(15-24(17-25)41-4)37-29(26-9-7-21(33)14-28(26)42-5)30(40)38-12-10-20-6-8-23(18-27(20)38)44-32(34,35)36;1-2/h6-9,14-18,29,37,39H,1,10-13H2,2-5H3;1-2H3. The van der Waals surface area contributed by atoms with Crippen LogP contribution in [0.25, 0.3) is 0 Å². The van der Waals surface area contributed by atoms with Crippen LogP contribution in [-0.4, -0.2) is 44.7 Å². The Kier molecular flexibility index (Phi) is 12.1. The third kappa shape index (κ3) is 9.15. The number of rotatable bonds is 12. The van der Waals surface area contributed by atoms with Crippen LogP contribution in [0.2, 0.25) is 5.02 Å². The molecule has 46 heavy (non-hydrogen) atoms. The smallest absolute Gasteiger partial charge is 0.512 e. The summed E-state index contributed by atoms with van der Waals surface area (Å²) in [4.78, 5) is 15.7. The molecule has 1 heterocycles. The molecule has 8 nitrogen and oxygen atoms in total. The van der Waals surface area contributed by atoms with E-state index >= 15 is 0 Å². The summed E-state index contributed by atoms with van der Waals surface area (Å²) in [7, 11) is 2.94. The van der Waals surface area contributed by atoms with Crippen molar-refractivity contribution in [3.63, 3.8) is 0 Å². The maximum absolute atomic E-state index is 14.3. The number of carbonyl (C=O) groups is 1. The van der Waals surface area contributed by atoms with Crippen LogP contribution in [0.1, 0.15) is 51.3 Å². The molecule has 1 aliphatic heterocycles. The molecule has 0 aliphatic carbocycles. The summed E-state index contributed by atoms with van der Waals surface area (Å²) in [5.74, 6) is 0.413. The van der Waals surface area contributed by atoms with Crippen LogP contribution in [0, 0.1) is 5.41 Å². The fourth-order valence-electron chi connectivity index (χ4n) is 4.73. The van der Waals surface area contributed by atoms with Gasteiger partial charge in [0.15, 0.2) is 0 Å². The molecular weight excluding hydrogens is 625 g/mol. The van der Waals surface area contributed by atoms with Crippen LogP contribution < -0.4 is 29.2 Å². The van der Waals surface area contributed by atoms with Crippen LogP contribution in [0.5, 0.6) is 23.0 Å². The predicted molar refractivity (Wildman–Crippen MR) is 174 cm³/mol. The number of alkyl halides is 3. The zero-order chi connectivity index (χ0) is 34.2. The monoisotopic (exact) mass is 664 g/mol. The number of aliphatic hydroxyl groups is 1. The van der Waals surface area contributed by atoms with Gasteiger partial charge in [-0.2, -0.15) is 0 Å². The van der Waals surface area contributed by atoms with Crippen molar-refractivity contribution in [1.82, 2.24) is 0 Å². The molecule has 3 aromatic rings. The van der Waals surface area contributed by atoms with Crippen LogP contribution in [-0.2, 0) is 11.2 Å². The number of ether oxygens (including phenoxy) is 4. The molecule has 0 radical (unpaired) electrons. The van der Waals surface area contributed by atoms with E-state index in [0.29, 0.717) is 57.6 Å². The van der Waals surface area contributed by atoms with Gasteiger partial charge < -0.3 is 34.3 Å². The first kappa shape index (κ1) is 36.2. The highest BCUT2D eigenvalue weighted by molar-refractivity contribution is 6.30. The number of nitrogens with zero attached hydrogens (tertiary/aromatic N) is 1. The third-order valence-electron chi connectivity index (χ3n) is 7.41. The molecule has 0 saturated heterocycles. The Morgan fingerprint density at radius 1 is 1.02 bits per heavy atom. The average molecular weight is 665 g/mol. The van der Waals surface area contributed by atoms with Gasteiger partial charge in [-0.25, -0.2) is 0 Å². The summed E-state index contributed by atoms with van der Waals surface area (Å²) in [6, 6.07) is 12.8. The topological polar surface area (TPSA) is 89.5 Å². The maximum atomic E-state index is 14.3. The van der Waals surface area contributed by atoms with E-state index in [0.717, 1.165) is 0 Å². The number of hydrogen-bond acceptors (Lipinski definition) is 7. The molecular formula is C34H40ClF3N2O6. The molecule has 0 aromatic heterocycles. The van der Waals surface area contributed by atoms with Crippen molar-refractivity contribution in [2.45, 2.75) is 52.9 Å². The van der Waals surface area contributed by atoms with Gasteiger partial charge in [-0.3, -0.25) is 4.79 Å². The lowest BCUT2D eigenvalue weighted by atomic mass is 9.88. The highest BCUT2D eigenvalue weighted by Crippen LogP contribution is 2.39. The minimum absolute atomic E-state index is 0.0490. The molecule has 0 bridgehead atoms. The number of carbonyl (C=O) groups excluding carboxylic acids is 1. The number of methoxy groups -OCH3 is 2. The van der Waals surface area contributed by atoms with Crippen LogP contribution >= 0.6 is 11.6 Å². The highest BCUT2D eigenvalue weighted by atomic mass is 35.5. The Morgan fingerprint density at radius 3 is 2.35 bits per heavy atom. The van der Waals surface area contributed by atoms with Gasteiger partial charge in [-0.15, -0.1) is 13.2 Å². The predicted octanol–water partition coefficient (Wildman–Crippen LogP) is 8.89. The molecule has 3 aromatic carbocycles. The molecule has 0 saturated carbocycles. The summed E-state index contributed by atoms with van der Waals surface area (Å²) in [5.41, 5.74) is 1.39. The molecule has 0 fully saturated rings. The number of amides is 1. The lowest BCUT2D eigenvalue weighted by molar-refractivity contribution is -0.274. The van der Waals surface area contributed by atoms with Crippen LogP contribution in [0.3, 0.4) is 0 Å². The second-order valence-corrected chi connectivity index (χ2v) is 11.3. The number of fused-ring (bicyclic) bond motifs is 1. The summed E-state index contributed by atoms with van der Waals surface area (Å²) in [5, 5.41) is 13.5. The number of allylic oxidation sites excluding steroid dienone is 1. The van der Waals surface area contributed by atoms with Gasteiger partial charge >= 0.3 is 6.36 Å². The average Bonchev–Trinajstić information content (AvgIpc) is 3.42. The van der Waals surface area contributed by atoms with E-state index in [1.54, 1.807) is 36.4 Å². The van der Waals surface area contributed by atoms with Gasteiger partial charge in [0.1, 0.15) is 29.0 Å². The summed E-state index contributed by atoms with van der Waals surface area (Å²) in [6.45, 7) is 11.8. The van der Waals surface area contributed by atoms with E-state index in [-0.39, 0.29) is 18.9 Å². The molecule has 1 amide bonds. The van der Waals surface area contributed by atoms with Gasteiger partial charge in [-0.05, 0) is 36.6 Å². The summed E-state index contributed by atoms with van der Waals surface area (Å²) in [6.07, 6.45) is -3.94. The number of aliphatic hydroxyl groups excluding tert-OH is 1. The van der Waals surface area contributed by atoms with E-state index < -0.39 is 29.5 Å². The minimum atomic E-state index is -4.88. The van der Waals surface area contributed by atoms with Crippen molar-refractivity contribution in [2.24, 2.45) is 5.41 Å². The van der Waals surface area contributed by atoms with E-state index in [1.165, 1.54) is 37.3 Å². The Hall–Kier alpha value is -4.25. The molecule has 12 heteroatoms. The van der Waals surface area contributed by atoms with E-state index in [4.69, 9.17) is 25.8 Å². The van der Waals surface area contributed by atoms with Crippen LogP contribution in [0.15, 0.2) is 66.9 Å². The molecule has 4 rings (SSSR count). The highest BCUT2D eigenvalue weighted by Gasteiger charge is 2.35. The molecule has 1 atom stereocenters. The van der Waals surface area contributed by atoms with Gasteiger partial charge in [-0.1, -0.05) is 58.0 Å². The molecule has 1 aliphatic rings. The number of anilines is 2. The SMILES string of the molecule is C=C(O)C(C)(C)CCOc1cc(NC(C(=O)N2CCc3ccc(OC(F)(F)F)cc32)c2ccc(Cl)cc2OC)cc(OC)c1.CC. The summed E-state index contributed by atoms with van der Waals surface area (Å²) >= 11 is 6.21. The normalized spacial score (nSPS) is 13.1. The Morgan fingerprint density at radius 2 is 1.72 bits per heavy atom. The minimum Gasteiger partial charge on any atom is -0.512 e. The number of nitrogens with one attached hydrogen (secondary N) is 1. The van der Waals surface area contributed by atoms with Gasteiger partial charge in [0.2, 0.25) is 0 Å². The second-order valence-electron chi connectivity index (χ2n) is 10.9. The Bertz CT molecular complexity index is 1530. The molecule has 1 unspecified atom stereocenters. The zero-order valence-electron chi connectivity index (χ0n) is 26.8. The van der Waals surface area contributed by atoms with Gasteiger partial charge in [0, 0.05) is 52.5 Å². The fraction of sp³-hybridized carbons (Fsp3) is 0.382. The van der Waals surface area contributed by atoms with Crippen molar-refractivity contribution in [2.75, 3.05) is 37.6 Å². The van der Waals surface area contributed by atoms with E-state index in [2.05, 4.69) is 16.6 Å². The first-order valence-electron chi connectivity index (χ1n) is 14.7. The lowest BCUT2D eigenvalue weighted by Crippen LogP contribution is -2.37. The molecule has 0 spiro atoms. The number of hydrogen-bond donors (Lipinski definition) is 2. The van der Waals surface area contributed by atoms with Gasteiger partial charge in [0.25, 0.3) is 5.91 Å². The molecule has 250 valence electrons. The van der Waals surface area contributed by atoms with Crippen molar-refractivity contribution in [3.05, 3.63) is 83.1 Å². The van der Waals surface area contributed by atoms with Crippen molar-refractivity contribution in [3.8, 4) is 23.0 Å². The number of halogens is 4. The summed E-state index contributed by atoms with van der Waals surface area (Å²) < 4.78 is 60.0. The quantitative estimate of drug-likeness (QED) is 0.187. The zero-order valence-corrected chi connectivity index (χ0v) is 27.5. The lowest BCUT2D eigenvalue weighted by Gasteiger charge is -2.28. The molecule has 2 N–H and O–H groups in total. The maximum Gasteiger partial charge on any atom is 0.573 e. The van der Waals surface area contributed by atoms with Crippen molar-refractivity contribution >= 4 is 28.9 Å². The fourth-order valence-corrected chi connectivity index (χ4v) is 4.89. The van der Waals surface area contributed by atoms with E-state index in [1.807, 2.05) is 27.7 Å². The Balaban J connectivity index is 0.00000282. The second kappa shape index (κ2) is 15.4. The Labute approximate surface area is 272 Å². The van der Waals surface area contributed by atoms with Crippen molar-refractivity contribution in [1.29, 1.82) is 0 Å². The van der Waals surface area contributed by atoms with E-state index in [9.17, 15) is 23.1 Å². The largest absolute Gasteiger partial charge is 0.573 e. The number of benzene rings is 3. The van der Waals surface area contributed by atoms with Crippen molar-refractivity contribution < 1.29 is 42.0 Å². The third-order valence-corrected chi connectivity index (χ3v) is 7.64.